The molecule has 3 N–H and O–H groups in total. The number of nitrogens with two attached hydrogens (primary N) is 1. The van der Waals surface area contributed by atoms with Crippen molar-refractivity contribution in [3.8, 4) is 5.75 Å². The first kappa shape index (κ1) is 20.1. The molecule has 7 heteroatoms. The molecule has 29 heavy (non-hydrogen) atoms. The number of methoxy groups -OCH3 is 1. The molecular formula is C22H25N5O2. The molecule has 3 rings (SSSR count). The van der Waals surface area contributed by atoms with Crippen LogP contribution in [0.15, 0.2) is 60.8 Å². The first-order valence-corrected chi connectivity index (χ1v) is 9.36. The number of rotatable bonds is 7. The predicted molar refractivity (Wildman–Crippen MR) is 115 cm³/mol. The number of carbonyl (C=O) groups excluding carboxylic acids is 1. The summed E-state index contributed by atoms with van der Waals surface area (Å²) in [6, 6.07) is 17.3. The van der Waals surface area contributed by atoms with E-state index in [9.17, 15) is 4.79 Å². The summed E-state index contributed by atoms with van der Waals surface area (Å²) in [6.07, 6.45) is 1.47. The van der Waals surface area contributed by atoms with Crippen LogP contribution in [0.1, 0.15) is 29.8 Å². The van der Waals surface area contributed by atoms with E-state index in [1.807, 2.05) is 23.1 Å². The summed E-state index contributed by atoms with van der Waals surface area (Å²) in [5.74, 6) is 0.975. The van der Waals surface area contributed by atoms with Gasteiger partial charge in [-0.25, -0.2) is 4.98 Å². The SMILES string of the molecule is COc1ccc(NC(=O)c2cnc(N(Cc3ccccc3)C(C)C)nc2N)cc1. The van der Waals surface area contributed by atoms with Crippen LogP contribution in [0, 0.1) is 0 Å². The molecule has 0 aliphatic rings. The van der Waals surface area contributed by atoms with Gasteiger partial charge >= 0.3 is 0 Å². The molecule has 1 aromatic heterocycles. The van der Waals surface area contributed by atoms with Gasteiger partial charge in [0.25, 0.3) is 5.91 Å². The second-order valence-corrected chi connectivity index (χ2v) is 6.86. The molecule has 0 radical (unpaired) electrons. The van der Waals surface area contributed by atoms with Crippen LogP contribution in [-0.4, -0.2) is 29.0 Å². The van der Waals surface area contributed by atoms with Crippen LogP contribution in [0.5, 0.6) is 5.75 Å². The average molecular weight is 391 g/mol. The smallest absolute Gasteiger partial charge is 0.260 e. The molecule has 7 nitrogen and oxygen atoms in total. The number of hydrogen-bond acceptors (Lipinski definition) is 6. The molecule has 2 aromatic carbocycles. The van der Waals surface area contributed by atoms with Gasteiger partial charge in [-0.3, -0.25) is 4.79 Å². The summed E-state index contributed by atoms with van der Waals surface area (Å²) in [5.41, 5.74) is 8.10. The highest BCUT2D eigenvalue weighted by molar-refractivity contribution is 6.07. The monoisotopic (exact) mass is 391 g/mol. The Labute approximate surface area is 170 Å². The molecule has 0 saturated heterocycles. The van der Waals surface area contributed by atoms with E-state index in [1.54, 1.807) is 31.4 Å². The lowest BCUT2D eigenvalue weighted by atomic mass is 10.2. The number of nitrogens with zero attached hydrogens (tertiary/aromatic N) is 3. The number of benzene rings is 2. The number of ether oxygens (including phenoxy) is 1. The van der Waals surface area contributed by atoms with Crippen molar-refractivity contribution >= 4 is 23.4 Å². The minimum absolute atomic E-state index is 0.139. The summed E-state index contributed by atoms with van der Waals surface area (Å²) < 4.78 is 5.12. The van der Waals surface area contributed by atoms with Crippen LogP contribution < -0.4 is 20.7 Å². The standard InChI is InChI=1S/C22H25N5O2/c1-15(2)27(14-16-7-5-4-6-8-16)22-24-13-19(20(23)26-22)21(28)25-17-9-11-18(29-3)12-10-17/h4-13,15H,14H2,1-3H3,(H,25,28)(H2,23,24,26). The van der Waals surface area contributed by atoms with Gasteiger partial charge in [-0.1, -0.05) is 30.3 Å². The molecule has 1 amide bonds. The number of amides is 1. The Hall–Kier alpha value is -3.61. The van der Waals surface area contributed by atoms with Crippen molar-refractivity contribution in [2.45, 2.75) is 26.4 Å². The topological polar surface area (TPSA) is 93.4 Å². The first-order valence-electron chi connectivity index (χ1n) is 9.36. The Morgan fingerprint density at radius 1 is 1.14 bits per heavy atom. The predicted octanol–water partition coefficient (Wildman–Crippen LogP) is 3.73. The largest absolute Gasteiger partial charge is 0.497 e. The number of hydrogen-bond donors (Lipinski definition) is 2. The van der Waals surface area contributed by atoms with Crippen LogP contribution >= 0.6 is 0 Å². The summed E-state index contributed by atoms with van der Waals surface area (Å²) >= 11 is 0. The van der Waals surface area contributed by atoms with E-state index in [0.29, 0.717) is 23.9 Å². The van der Waals surface area contributed by atoms with Crippen molar-refractivity contribution in [1.82, 2.24) is 9.97 Å². The van der Waals surface area contributed by atoms with Crippen molar-refractivity contribution in [1.29, 1.82) is 0 Å². The molecule has 3 aromatic rings. The Morgan fingerprint density at radius 3 is 2.41 bits per heavy atom. The Kier molecular flexibility index (Phi) is 6.29. The van der Waals surface area contributed by atoms with E-state index in [4.69, 9.17) is 10.5 Å². The minimum atomic E-state index is -0.363. The van der Waals surface area contributed by atoms with Gasteiger partial charge in [-0.15, -0.1) is 0 Å². The summed E-state index contributed by atoms with van der Waals surface area (Å²) in [6.45, 7) is 4.77. The number of anilines is 3. The zero-order chi connectivity index (χ0) is 20.8. The first-order chi connectivity index (χ1) is 14.0. The highest BCUT2D eigenvalue weighted by Gasteiger charge is 2.18. The molecule has 0 aliphatic heterocycles. The lowest BCUT2D eigenvalue weighted by Gasteiger charge is -2.27. The number of nitrogen functional groups attached to an aromatic ring is 1. The van der Waals surface area contributed by atoms with E-state index in [2.05, 4.69) is 41.3 Å². The van der Waals surface area contributed by atoms with Gasteiger partial charge in [-0.2, -0.15) is 4.98 Å². The molecule has 0 atom stereocenters. The third kappa shape index (κ3) is 5.01. The number of nitrogens with one attached hydrogen (secondary N) is 1. The average Bonchev–Trinajstić information content (AvgIpc) is 2.73. The molecule has 0 saturated carbocycles. The fourth-order valence-corrected chi connectivity index (χ4v) is 2.84. The van der Waals surface area contributed by atoms with Crippen LogP contribution in [-0.2, 0) is 6.54 Å². The van der Waals surface area contributed by atoms with Crippen LogP contribution in [0.4, 0.5) is 17.5 Å². The third-order valence-corrected chi connectivity index (χ3v) is 4.47. The maximum absolute atomic E-state index is 12.6. The second kappa shape index (κ2) is 9.05. The molecular weight excluding hydrogens is 366 g/mol. The maximum Gasteiger partial charge on any atom is 0.260 e. The molecule has 0 unspecified atom stereocenters. The van der Waals surface area contributed by atoms with E-state index in [-0.39, 0.29) is 23.3 Å². The quantitative estimate of drug-likeness (QED) is 0.637. The zero-order valence-electron chi connectivity index (χ0n) is 16.8. The Morgan fingerprint density at radius 2 is 1.83 bits per heavy atom. The van der Waals surface area contributed by atoms with Crippen LogP contribution in [0.3, 0.4) is 0 Å². The molecule has 0 fully saturated rings. The molecule has 150 valence electrons. The van der Waals surface area contributed by atoms with Gasteiger partial charge in [0.15, 0.2) is 0 Å². The Balaban J connectivity index is 1.77. The highest BCUT2D eigenvalue weighted by atomic mass is 16.5. The van der Waals surface area contributed by atoms with Crippen molar-refractivity contribution in [3.05, 3.63) is 71.9 Å². The van der Waals surface area contributed by atoms with E-state index >= 15 is 0 Å². The second-order valence-electron chi connectivity index (χ2n) is 6.86. The normalized spacial score (nSPS) is 10.6. The molecule has 0 spiro atoms. The summed E-state index contributed by atoms with van der Waals surface area (Å²) in [7, 11) is 1.59. The van der Waals surface area contributed by atoms with Gasteiger partial charge in [0.05, 0.1) is 7.11 Å². The zero-order valence-corrected chi connectivity index (χ0v) is 16.8. The lowest BCUT2D eigenvalue weighted by molar-refractivity contribution is 0.102. The number of aromatic nitrogens is 2. The fraction of sp³-hybridized carbons (Fsp3) is 0.227. The molecule has 0 bridgehead atoms. The van der Waals surface area contributed by atoms with E-state index in [0.717, 1.165) is 5.56 Å². The lowest BCUT2D eigenvalue weighted by Crippen LogP contribution is -2.32. The highest BCUT2D eigenvalue weighted by Crippen LogP contribution is 2.20. The van der Waals surface area contributed by atoms with E-state index < -0.39 is 0 Å². The third-order valence-electron chi connectivity index (χ3n) is 4.47. The van der Waals surface area contributed by atoms with Gasteiger partial charge in [-0.05, 0) is 43.7 Å². The number of carbonyl (C=O) groups is 1. The minimum Gasteiger partial charge on any atom is -0.497 e. The summed E-state index contributed by atoms with van der Waals surface area (Å²) in [5, 5.41) is 2.79. The van der Waals surface area contributed by atoms with Gasteiger partial charge in [0.2, 0.25) is 5.95 Å². The van der Waals surface area contributed by atoms with Crippen LogP contribution in [0.25, 0.3) is 0 Å². The Bertz CT molecular complexity index is 959. The van der Waals surface area contributed by atoms with Gasteiger partial charge in [0, 0.05) is 24.5 Å². The van der Waals surface area contributed by atoms with Gasteiger partial charge in [0.1, 0.15) is 17.1 Å². The van der Waals surface area contributed by atoms with Gasteiger partial charge < -0.3 is 20.7 Å². The van der Waals surface area contributed by atoms with Crippen molar-refractivity contribution in [2.75, 3.05) is 23.1 Å². The summed E-state index contributed by atoms with van der Waals surface area (Å²) in [4.78, 5) is 23.4. The van der Waals surface area contributed by atoms with Crippen molar-refractivity contribution in [2.24, 2.45) is 0 Å². The molecule has 0 aliphatic carbocycles. The van der Waals surface area contributed by atoms with E-state index in [1.165, 1.54) is 6.20 Å². The van der Waals surface area contributed by atoms with Crippen molar-refractivity contribution < 1.29 is 9.53 Å². The fourth-order valence-electron chi connectivity index (χ4n) is 2.84. The molecule has 1 heterocycles. The van der Waals surface area contributed by atoms with Crippen molar-refractivity contribution in [3.63, 3.8) is 0 Å². The van der Waals surface area contributed by atoms with Crippen LogP contribution in [0.2, 0.25) is 0 Å². The maximum atomic E-state index is 12.6.